The van der Waals surface area contributed by atoms with Gasteiger partial charge in [0.25, 0.3) is 0 Å². The Morgan fingerprint density at radius 3 is 1.75 bits per heavy atom. The van der Waals surface area contributed by atoms with E-state index in [9.17, 15) is 0 Å². The van der Waals surface area contributed by atoms with Crippen LogP contribution in [0.25, 0.3) is 75.5 Å². The third-order valence-corrected chi connectivity index (χ3v) is 11.3. The molecule has 240 valence electrons. The standard InChI is InChI=1S/C48H32N2S/c1-32-13-11-12-28-49(37-18-9-4-10-19-37)45-26-23-39-42-31-38(22-27-46(42)51-48(39)47(32)45)50-43-24-20-35(33-14-5-2-6-15-33)29-40(43)41-30-36(21-25-44(41)50)34-16-7-3-8-17-34/h2-31H,1H2/b13-11-,28-12-. The van der Waals surface area contributed by atoms with E-state index in [0.717, 1.165) is 22.6 Å². The lowest BCUT2D eigenvalue weighted by molar-refractivity contribution is 1.19. The van der Waals surface area contributed by atoms with Crippen molar-refractivity contribution in [3.8, 4) is 27.9 Å². The molecular weight excluding hydrogens is 637 g/mol. The topological polar surface area (TPSA) is 8.17 Å². The Bertz CT molecular complexity index is 2760. The molecule has 0 aliphatic carbocycles. The van der Waals surface area contributed by atoms with Crippen molar-refractivity contribution in [2.45, 2.75) is 0 Å². The van der Waals surface area contributed by atoms with Crippen LogP contribution in [0.5, 0.6) is 0 Å². The molecule has 3 heteroatoms. The predicted molar refractivity (Wildman–Crippen MR) is 220 cm³/mol. The predicted octanol–water partition coefficient (Wildman–Crippen LogP) is 13.7. The lowest BCUT2D eigenvalue weighted by Gasteiger charge is -2.25. The van der Waals surface area contributed by atoms with Crippen LogP contribution in [-0.4, -0.2) is 4.57 Å². The molecule has 0 N–H and O–H groups in total. The Morgan fingerprint density at radius 2 is 1.10 bits per heavy atom. The van der Waals surface area contributed by atoms with E-state index in [0.29, 0.717) is 0 Å². The fourth-order valence-electron chi connectivity index (χ4n) is 7.67. The summed E-state index contributed by atoms with van der Waals surface area (Å²) in [5.41, 5.74) is 12.9. The van der Waals surface area contributed by atoms with Gasteiger partial charge in [-0.05, 0) is 94.6 Å². The van der Waals surface area contributed by atoms with Crippen molar-refractivity contribution < 1.29 is 0 Å². The summed E-state index contributed by atoms with van der Waals surface area (Å²) in [6.45, 7) is 4.55. The summed E-state index contributed by atoms with van der Waals surface area (Å²) in [6.07, 6.45) is 8.43. The van der Waals surface area contributed by atoms with Crippen molar-refractivity contribution in [1.29, 1.82) is 0 Å². The van der Waals surface area contributed by atoms with Crippen molar-refractivity contribution in [2.24, 2.45) is 0 Å². The highest BCUT2D eigenvalue weighted by Gasteiger charge is 2.21. The minimum Gasteiger partial charge on any atom is -0.317 e. The summed E-state index contributed by atoms with van der Waals surface area (Å²) in [5.74, 6) is 0. The Balaban J connectivity index is 1.19. The molecule has 0 saturated heterocycles. The van der Waals surface area contributed by atoms with Crippen LogP contribution in [0.4, 0.5) is 11.4 Å². The molecule has 9 aromatic rings. The van der Waals surface area contributed by atoms with Gasteiger partial charge in [-0.25, -0.2) is 0 Å². The Kier molecular flexibility index (Phi) is 6.87. The molecule has 0 atom stereocenters. The number of allylic oxidation sites excluding steroid dienone is 4. The Labute approximate surface area is 300 Å². The summed E-state index contributed by atoms with van der Waals surface area (Å²) in [7, 11) is 0. The molecule has 0 saturated carbocycles. The van der Waals surface area contributed by atoms with Crippen molar-refractivity contribution in [2.75, 3.05) is 4.90 Å². The van der Waals surface area contributed by atoms with Gasteiger partial charge in [0, 0.05) is 54.1 Å². The van der Waals surface area contributed by atoms with Crippen LogP contribution in [0.3, 0.4) is 0 Å². The highest BCUT2D eigenvalue weighted by molar-refractivity contribution is 7.26. The van der Waals surface area contributed by atoms with Crippen molar-refractivity contribution in [3.63, 3.8) is 0 Å². The zero-order chi connectivity index (χ0) is 33.9. The fourth-order valence-corrected chi connectivity index (χ4v) is 8.94. The molecule has 0 fully saturated rings. The Morgan fingerprint density at radius 1 is 0.471 bits per heavy atom. The molecule has 0 amide bonds. The van der Waals surface area contributed by atoms with Crippen LogP contribution < -0.4 is 4.90 Å². The first-order valence-electron chi connectivity index (χ1n) is 17.3. The van der Waals surface area contributed by atoms with Gasteiger partial charge >= 0.3 is 0 Å². The van der Waals surface area contributed by atoms with Crippen LogP contribution in [0.15, 0.2) is 189 Å². The second-order valence-corrected chi connectivity index (χ2v) is 14.1. The smallest absolute Gasteiger partial charge is 0.0548 e. The second kappa shape index (κ2) is 11.9. The van der Waals surface area contributed by atoms with E-state index >= 15 is 0 Å². The summed E-state index contributed by atoms with van der Waals surface area (Å²) in [5, 5.41) is 5.00. The SMILES string of the molecule is C=C1/C=C\C=C/N(c2ccccc2)c2ccc3c(sc4ccc(-n5c6ccc(-c7ccccc7)cc6c6cc(-c7ccccc7)ccc65)cc43)c21. The van der Waals surface area contributed by atoms with Crippen LogP contribution in [0.1, 0.15) is 5.56 Å². The van der Waals surface area contributed by atoms with Gasteiger partial charge in [0.1, 0.15) is 0 Å². The van der Waals surface area contributed by atoms with Gasteiger partial charge < -0.3 is 9.47 Å². The normalized spacial score (nSPS) is 14.2. The van der Waals surface area contributed by atoms with Crippen LogP contribution in [-0.2, 0) is 0 Å². The minimum atomic E-state index is 1.01. The van der Waals surface area contributed by atoms with Gasteiger partial charge in [0.05, 0.1) is 16.7 Å². The van der Waals surface area contributed by atoms with Crippen LogP contribution >= 0.6 is 11.3 Å². The zero-order valence-electron chi connectivity index (χ0n) is 27.8. The number of hydrogen-bond acceptors (Lipinski definition) is 2. The molecule has 2 aromatic heterocycles. The highest BCUT2D eigenvalue weighted by atomic mass is 32.1. The number of fused-ring (bicyclic) bond motifs is 8. The maximum absolute atomic E-state index is 4.55. The number of hydrogen-bond donors (Lipinski definition) is 0. The molecule has 10 rings (SSSR count). The monoisotopic (exact) mass is 668 g/mol. The molecule has 0 spiro atoms. The molecule has 3 heterocycles. The average molecular weight is 669 g/mol. The van der Waals surface area contributed by atoms with E-state index in [1.54, 1.807) is 0 Å². The number of thiophene rings is 1. The molecule has 7 aromatic carbocycles. The molecule has 0 radical (unpaired) electrons. The molecule has 0 unspecified atom stereocenters. The van der Waals surface area contributed by atoms with Crippen molar-refractivity contribution >= 4 is 70.3 Å². The van der Waals surface area contributed by atoms with Gasteiger partial charge in [-0.1, -0.05) is 116 Å². The van der Waals surface area contributed by atoms with E-state index in [2.05, 4.69) is 198 Å². The molecule has 1 aliphatic heterocycles. The molecule has 2 nitrogen and oxygen atoms in total. The summed E-state index contributed by atoms with van der Waals surface area (Å²) < 4.78 is 4.96. The molecule has 0 bridgehead atoms. The van der Waals surface area contributed by atoms with Gasteiger partial charge in [-0.2, -0.15) is 0 Å². The molecule has 1 aliphatic rings. The van der Waals surface area contributed by atoms with Crippen LogP contribution in [0, 0.1) is 0 Å². The van der Waals surface area contributed by atoms with Crippen LogP contribution in [0.2, 0.25) is 0 Å². The molecular formula is C48H32N2S. The summed E-state index contributed by atoms with van der Waals surface area (Å²) >= 11 is 1.85. The number of benzene rings is 7. The van der Waals surface area contributed by atoms with Gasteiger partial charge in [0.2, 0.25) is 0 Å². The van der Waals surface area contributed by atoms with E-state index < -0.39 is 0 Å². The summed E-state index contributed by atoms with van der Waals surface area (Å²) in [6, 6.07) is 57.2. The van der Waals surface area contributed by atoms with E-state index in [1.165, 1.54) is 69.8 Å². The third kappa shape index (κ3) is 4.85. The van der Waals surface area contributed by atoms with Crippen molar-refractivity contribution in [1.82, 2.24) is 4.57 Å². The first kappa shape index (κ1) is 29.5. The number of nitrogens with zero attached hydrogens (tertiary/aromatic N) is 2. The minimum absolute atomic E-state index is 1.01. The molecule has 51 heavy (non-hydrogen) atoms. The third-order valence-electron chi connectivity index (χ3n) is 10.1. The zero-order valence-corrected chi connectivity index (χ0v) is 28.6. The average Bonchev–Trinajstić information content (AvgIpc) is 3.72. The lowest BCUT2D eigenvalue weighted by atomic mass is 9.99. The van der Waals surface area contributed by atoms with Crippen molar-refractivity contribution in [3.05, 3.63) is 194 Å². The largest absolute Gasteiger partial charge is 0.317 e. The maximum Gasteiger partial charge on any atom is 0.0548 e. The number of para-hydroxylation sites is 1. The first-order valence-corrected chi connectivity index (χ1v) is 18.1. The quantitative estimate of drug-likeness (QED) is 0.181. The lowest BCUT2D eigenvalue weighted by Crippen LogP contribution is -2.11. The van der Waals surface area contributed by atoms with Gasteiger partial charge in [-0.3, -0.25) is 0 Å². The number of aromatic nitrogens is 1. The Hall–Kier alpha value is -6.42. The fraction of sp³-hybridized carbons (Fsp3) is 0. The highest BCUT2D eigenvalue weighted by Crippen LogP contribution is 2.46. The first-order chi connectivity index (χ1) is 25.2. The maximum atomic E-state index is 4.55. The number of rotatable bonds is 4. The van der Waals surface area contributed by atoms with E-state index in [-0.39, 0.29) is 0 Å². The number of anilines is 2. The van der Waals surface area contributed by atoms with Gasteiger partial charge in [0.15, 0.2) is 0 Å². The van der Waals surface area contributed by atoms with E-state index in [4.69, 9.17) is 0 Å². The van der Waals surface area contributed by atoms with E-state index in [1.807, 2.05) is 11.3 Å². The second-order valence-electron chi connectivity index (χ2n) is 13.1. The summed E-state index contributed by atoms with van der Waals surface area (Å²) in [4.78, 5) is 2.27. The van der Waals surface area contributed by atoms with Gasteiger partial charge in [-0.15, -0.1) is 11.3 Å².